The molecule has 0 amide bonds. The molecule has 0 saturated carbocycles. The van der Waals surface area contributed by atoms with Crippen LogP contribution in [0.5, 0.6) is 0 Å². The molecule has 0 unspecified atom stereocenters. The minimum atomic E-state index is 0.454. The van der Waals surface area contributed by atoms with Crippen LogP contribution in [0.4, 0.5) is 0 Å². The van der Waals surface area contributed by atoms with E-state index in [-0.39, 0.29) is 0 Å². The second kappa shape index (κ2) is 5.83. The number of hydroxylamine groups is 1. The summed E-state index contributed by atoms with van der Waals surface area (Å²) in [5.74, 6) is 0. The Morgan fingerprint density at radius 1 is 1.10 bits per heavy atom. The minimum Gasteiger partial charge on any atom is -0.624 e. The number of para-hydroxylation sites is 1. The predicted molar refractivity (Wildman–Crippen MR) is 86.8 cm³/mol. The number of hydrogen-bond donors (Lipinski definition) is 1. The fraction of sp³-hybridized carbons (Fsp3) is 0.167. The highest BCUT2D eigenvalue weighted by Gasteiger charge is 2.05. The molecule has 0 spiro atoms. The van der Waals surface area contributed by atoms with E-state index in [4.69, 9.17) is 0 Å². The van der Waals surface area contributed by atoms with Crippen molar-refractivity contribution in [3.05, 3.63) is 76.6 Å². The van der Waals surface area contributed by atoms with Crippen molar-refractivity contribution in [1.82, 2.24) is 4.98 Å². The van der Waals surface area contributed by atoms with Gasteiger partial charge in [-0.15, -0.1) is 0 Å². The van der Waals surface area contributed by atoms with Crippen LogP contribution in [-0.4, -0.2) is 22.5 Å². The van der Waals surface area contributed by atoms with Crippen LogP contribution in [0.15, 0.2) is 54.7 Å². The zero-order valence-corrected chi connectivity index (χ0v) is 12.0. The Balaban J connectivity index is 1.70. The summed E-state index contributed by atoms with van der Waals surface area (Å²) in [6.45, 7) is 2.49. The molecule has 1 aromatic heterocycles. The number of benzene rings is 2. The topological polar surface area (TPSA) is 41.9 Å². The van der Waals surface area contributed by atoms with Gasteiger partial charge >= 0.3 is 0 Å². The molecule has 1 N–H and O–H groups in total. The van der Waals surface area contributed by atoms with Crippen molar-refractivity contribution < 1.29 is 4.74 Å². The maximum absolute atomic E-state index is 12.0. The first-order chi connectivity index (χ1) is 10.2. The second-order valence-corrected chi connectivity index (χ2v) is 5.29. The number of aromatic amines is 1. The SMILES string of the molecule is Cc1ccc(/C=[N+](\[O-])CCc2c[nH]c3ccccc23)cc1. The summed E-state index contributed by atoms with van der Waals surface area (Å²) in [6, 6.07) is 16.1. The van der Waals surface area contributed by atoms with Gasteiger partial charge in [-0.25, -0.2) is 4.74 Å². The Hall–Kier alpha value is -2.55. The van der Waals surface area contributed by atoms with E-state index in [1.54, 1.807) is 6.21 Å². The van der Waals surface area contributed by atoms with Crippen LogP contribution in [0.25, 0.3) is 10.9 Å². The Bertz CT molecular complexity index is 769. The molecule has 3 aromatic rings. The molecule has 3 rings (SSSR count). The van der Waals surface area contributed by atoms with Gasteiger partial charge in [-0.2, -0.15) is 0 Å². The largest absolute Gasteiger partial charge is 0.624 e. The molecule has 0 saturated heterocycles. The van der Waals surface area contributed by atoms with Crippen LogP contribution in [0.3, 0.4) is 0 Å². The van der Waals surface area contributed by atoms with Crippen LogP contribution in [-0.2, 0) is 6.42 Å². The van der Waals surface area contributed by atoms with E-state index in [1.807, 2.05) is 55.6 Å². The van der Waals surface area contributed by atoms with Crippen LogP contribution in [0.2, 0.25) is 0 Å². The van der Waals surface area contributed by atoms with Crippen molar-refractivity contribution >= 4 is 17.1 Å². The third kappa shape index (κ3) is 3.14. The maximum atomic E-state index is 12.0. The molecule has 0 bridgehead atoms. The van der Waals surface area contributed by atoms with Gasteiger partial charge in [0.15, 0.2) is 12.8 Å². The summed E-state index contributed by atoms with van der Waals surface area (Å²) in [5.41, 5.74) is 4.44. The highest BCUT2D eigenvalue weighted by atomic mass is 16.5. The summed E-state index contributed by atoms with van der Waals surface area (Å²) in [6.07, 6.45) is 4.37. The number of fused-ring (bicyclic) bond motifs is 1. The molecule has 0 aliphatic rings. The Kier molecular flexibility index (Phi) is 3.73. The van der Waals surface area contributed by atoms with Gasteiger partial charge in [0.1, 0.15) is 0 Å². The molecule has 0 aliphatic heterocycles. The lowest BCUT2D eigenvalue weighted by atomic mass is 10.1. The lowest BCUT2D eigenvalue weighted by Crippen LogP contribution is -2.10. The fourth-order valence-electron chi connectivity index (χ4n) is 2.45. The molecular weight excluding hydrogens is 260 g/mol. The van der Waals surface area contributed by atoms with E-state index >= 15 is 0 Å². The first-order valence-electron chi connectivity index (χ1n) is 7.13. The Morgan fingerprint density at radius 2 is 1.86 bits per heavy atom. The number of nitrogens with zero attached hydrogens (tertiary/aromatic N) is 1. The highest BCUT2D eigenvalue weighted by molar-refractivity contribution is 5.83. The molecule has 1 heterocycles. The molecular formula is C18H18N2O. The highest BCUT2D eigenvalue weighted by Crippen LogP contribution is 2.17. The summed E-state index contributed by atoms with van der Waals surface area (Å²) < 4.78 is 1.01. The maximum Gasteiger partial charge on any atom is 0.181 e. The molecule has 21 heavy (non-hydrogen) atoms. The van der Waals surface area contributed by atoms with E-state index in [2.05, 4.69) is 11.1 Å². The minimum absolute atomic E-state index is 0.454. The number of rotatable bonds is 4. The third-order valence-corrected chi connectivity index (χ3v) is 3.65. The molecule has 0 atom stereocenters. The van der Waals surface area contributed by atoms with Gasteiger partial charge < -0.3 is 10.2 Å². The lowest BCUT2D eigenvalue weighted by Gasteiger charge is -2.04. The van der Waals surface area contributed by atoms with Crippen molar-refractivity contribution in [3.8, 4) is 0 Å². The molecule has 2 aromatic carbocycles. The zero-order valence-electron chi connectivity index (χ0n) is 12.0. The first kappa shape index (κ1) is 13.4. The standard InChI is InChI=1S/C18H18N2O/c1-14-6-8-15(9-7-14)13-20(21)11-10-16-12-19-18-5-3-2-4-17(16)18/h2-9,12-13,19H,10-11H2,1H3/b20-13-. The van der Waals surface area contributed by atoms with Crippen molar-refractivity contribution in [2.75, 3.05) is 6.54 Å². The van der Waals surface area contributed by atoms with Crippen LogP contribution in [0.1, 0.15) is 16.7 Å². The second-order valence-electron chi connectivity index (χ2n) is 5.29. The fourth-order valence-corrected chi connectivity index (χ4v) is 2.45. The van der Waals surface area contributed by atoms with E-state index < -0.39 is 0 Å². The van der Waals surface area contributed by atoms with Crippen LogP contribution in [0, 0.1) is 12.1 Å². The molecule has 0 radical (unpaired) electrons. The van der Waals surface area contributed by atoms with E-state index in [9.17, 15) is 5.21 Å². The average molecular weight is 278 g/mol. The van der Waals surface area contributed by atoms with Gasteiger partial charge in [0.05, 0.1) is 0 Å². The molecule has 106 valence electrons. The summed E-state index contributed by atoms with van der Waals surface area (Å²) in [5, 5.41) is 13.2. The third-order valence-electron chi connectivity index (χ3n) is 3.65. The Morgan fingerprint density at radius 3 is 2.67 bits per heavy atom. The van der Waals surface area contributed by atoms with Crippen molar-refractivity contribution in [2.45, 2.75) is 13.3 Å². The van der Waals surface area contributed by atoms with E-state index in [0.29, 0.717) is 6.54 Å². The van der Waals surface area contributed by atoms with Gasteiger partial charge in [0.2, 0.25) is 0 Å². The quantitative estimate of drug-likeness (QED) is 0.336. The first-order valence-corrected chi connectivity index (χ1v) is 7.13. The van der Waals surface area contributed by atoms with Crippen molar-refractivity contribution in [1.29, 1.82) is 0 Å². The van der Waals surface area contributed by atoms with Crippen LogP contribution < -0.4 is 0 Å². The van der Waals surface area contributed by atoms with Gasteiger partial charge in [-0.05, 0) is 30.7 Å². The van der Waals surface area contributed by atoms with E-state index in [1.165, 1.54) is 16.5 Å². The predicted octanol–water partition coefficient (Wildman–Crippen LogP) is 3.65. The zero-order chi connectivity index (χ0) is 14.7. The number of hydrogen-bond acceptors (Lipinski definition) is 1. The van der Waals surface area contributed by atoms with Crippen molar-refractivity contribution in [2.24, 2.45) is 0 Å². The average Bonchev–Trinajstić information content (AvgIpc) is 2.91. The number of nitrogens with one attached hydrogen (secondary N) is 1. The van der Waals surface area contributed by atoms with Gasteiger partial charge in [-0.1, -0.05) is 35.9 Å². The Labute approximate surface area is 124 Å². The monoisotopic (exact) mass is 278 g/mol. The number of H-pyrrole nitrogens is 1. The summed E-state index contributed by atoms with van der Waals surface area (Å²) >= 11 is 0. The molecule has 0 fully saturated rings. The van der Waals surface area contributed by atoms with Gasteiger partial charge in [0.25, 0.3) is 0 Å². The normalized spacial score (nSPS) is 12.0. The van der Waals surface area contributed by atoms with E-state index in [0.717, 1.165) is 22.2 Å². The van der Waals surface area contributed by atoms with Gasteiger partial charge in [-0.3, -0.25) is 0 Å². The number of aryl methyl sites for hydroxylation is 1. The molecule has 3 heteroatoms. The summed E-state index contributed by atoms with van der Waals surface area (Å²) in [4.78, 5) is 3.24. The lowest BCUT2D eigenvalue weighted by molar-refractivity contribution is -0.451. The smallest absolute Gasteiger partial charge is 0.181 e. The van der Waals surface area contributed by atoms with Gasteiger partial charge in [0, 0.05) is 29.1 Å². The number of aromatic nitrogens is 1. The van der Waals surface area contributed by atoms with Crippen molar-refractivity contribution in [3.63, 3.8) is 0 Å². The molecule has 3 nitrogen and oxygen atoms in total. The summed E-state index contributed by atoms with van der Waals surface area (Å²) in [7, 11) is 0. The molecule has 0 aliphatic carbocycles. The van der Waals surface area contributed by atoms with Crippen LogP contribution >= 0.6 is 0 Å².